The first kappa shape index (κ1) is 61.6. The Labute approximate surface area is 401 Å². The van der Waals surface area contributed by atoms with E-state index in [2.05, 4.69) is 106 Å². The number of unbranched alkanes of at least 4 members (excludes halogenated alkanes) is 25. The number of carbonyl (C=O) groups excluding carboxylic acids is 3. The third-order valence-corrected chi connectivity index (χ3v) is 11.4. The average molecular weight is 905 g/mol. The number of rotatable bonds is 48. The van der Waals surface area contributed by atoms with Crippen LogP contribution < -0.4 is 0 Å². The van der Waals surface area contributed by atoms with Crippen molar-refractivity contribution < 1.29 is 28.6 Å². The molecular formula is C59H100O6. The van der Waals surface area contributed by atoms with Crippen molar-refractivity contribution in [3.8, 4) is 0 Å². The van der Waals surface area contributed by atoms with Gasteiger partial charge in [-0.3, -0.25) is 14.4 Å². The van der Waals surface area contributed by atoms with E-state index in [1.54, 1.807) is 0 Å². The fourth-order valence-electron chi connectivity index (χ4n) is 7.32. The van der Waals surface area contributed by atoms with Gasteiger partial charge in [-0.1, -0.05) is 234 Å². The van der Waals surface area contributed by atoms with Gasteiger partial charge < -0.3 is 14.2 Å². The Kier molecular flexibility index (Phi) is 50.4. The van der Waals surface area contributed by atoms with Gasteiger partial charge in [0.25, 0.3) is 0 Å². The van der Waals surface area contributed by atoms with Gasteiger partial charge in [0.2, 0.25) is 0 Å². The molecule has 0 bridgehead atoms. The zero-order valence-electron chi connectivity index (χ0n) is 42.5. The maximum Gasteiger partial charge on any atom is 0.306 e. The molecule has 0 rings (SSSR count). The fraction of sp³-hybridized carbons (Fsp3) is 0.712. The van der Waals surface area contributed by atoms with Crippen LogP contribution in [0.15, 0.2) is 85.1 Å². The second-order valence-corrected chi connectivity index (χ2v) is 17.8. The first-order chi connectivity index (χ1) is 32.0. The topological polar surface area (TPSA) is 78.9 Å². The van der Waals surface area contributed by atoms with Gasteiger partial charge in [0.1, 0.15) is 13.2 Å². The lowest BCUT2D eigenvalue weighted by atomic mass is 10.0. The van der Waals surface area contributed by atoms with E-state index in [0.717, 1.165) is 89.9 Å². The standard InChI is InChI=1S/C59H100O6/c1-4-7-10-13-16-19-22-25-27-29-31-32-34-37-40-43-46-49-52-58(61)64-55-56(54-63-57(60)51-48-45-42-39-36-24-21-18-15-12-9-6-3)65-59(62)53-50-47-44-41-38-35-33-30-28-26-23-20-17-14-11-8-5-2/h17,20,22,25-29,31-33,35,41,44,56H,4-16,18-19,21,23-24,30,34,36-40,42-43,45-55H2,1-3H3/b20-17-,25-22-,28-26-,29-27-,32-31-,35-33-,44-41-. The van der Waals surface area contributed by atoms with Crippen molar-refractivity contribution in [1.82, 2.24) is 0 Å². The summed E-state index contributed by atoms with van der Waals surface area (Å²) >= 11 is 0. The van der Waals surface area contributed by atoms with E-state index in [1.807, 2.05) is 0 Å². The van der Waals surface area contributed by atoms with Crippen molar-refractivity contribution in [3.63, 3.8) is 0 Å². The van der Waals surface area contributed by atoms with Crippen LogP contribution in [0.5, 0.6) is 0 Å². The SMILES string of the molecule is CCCCC/C=C\C/C=C\C/C=C\C/C=C\CCCC(=O)OC(COC(=O)CCCCCCC\C=C/C=C\C=C/CCCCCCC)COC(=O)CCCCCCCCCCCCCC. The Bertz CT molecular complexity index is 1270. The second kappa shape index (κ2) is 53.2. The lowest BCUT2D eigenvalue weighted by Gasteiger charge is -2.18. The monoisotopic (exact) mass is 905 g/mol. The van der Waals surface area contributed by atoms with Crippen LogP contribution in [0, 0.1) is 0 Å². The van der Waals surface area contributed by atoms with Crippen LogP contribution in [0.3, 0.4) is 0 Å². The summed E-state index contributed by atoms with van der Waals surface area (Å²) in [5.41, 5.74) is 0. The molecule has 1 atom stereocenters. The van der Waals surface area contributed by atoms with Crippen LogP contribution in [-0.4, -0.2) is 37.2 Å². The van der Waals surface area contributed by atoms with Gasteiger partial charge in [0.15, 0.2) is 6.10 Å². The molecule has 6 heteroatoms. The van der Waals surface area contributed by atoms with Crippen molar-refractivity contribution in [2.45, 2.75) is 258 Å². The summed E-state index contributed by atoms with van der Waals surface area (Å²) in [6.45, 7) is 6.53. The maximum absolute atomic E-state index is 12.8. The molecule has 6 nitrogen and oxygen atoms in total. The number of esters is 3. The highest BCUT2D eigenvalue weighted by atomic mass is 16.6. The second-order valence-electron chi connectivity index (χ2n) is 17.8. The lowest BCUT2D eigenvalue weighted by Crippen LogP contribution is -2.30. The highest BCUT2D eigenvalue weighted by Gasteiger charge is 2.19. The van der Waals surface area contributed by atoms with E-state index in [0.29, 0.717) is 19.3 Å². The molecule has 0 aromatic rings. The summed E-state index contributed by atoms with van der Waals surface area (Å²) < 4.78 is 16.8. The lowest BCUT2D eigenvalue weighted by molar-refractivity contribution is -0.167. The van der Waals surface area contributed by atoms with E-state index in [4.69, 9.17) is 14.2 Å². The zero-order chi connectivity index (χ0) is 47.2. The molecule has 65 heavy (non-hydrogen) atoms. The third-order valence-electron chi connectivity index (χ3n) is 11.4. The molecule has 0 heterocycles. The van der Waals surface area contributed by atoms with Crippen molar-refractivity contribution in [3.05, 3.63) is 85.1 Å². The van der Waals surface area contributed by atoms with Gasteiger partial charge in [-0.25, -0.2) is 0 Å². The Morgan fingerprint density at radius 3 is 1.06 bits per heavy atom. The molecule has 0 radical (unpaired) electrons. The molecule has 0 aliphatic heterocycles. The summed E-state index contributed by atoms with van der Waals surface area (Å²) in [6.07, 6.45) is 68.5. The molecule has 0 saturated heterocycles. The summed E-state index contributed by atoms with van der Waals surface area (Å²) in [5, 5.41) is 0. The Morgan fingerprint density at radius 2 is 0.631 bits per heavy atom. The minimum atomic E-state index is -0.812. The first-order valence-electron chi connectivity index (χ1n) is 27.1. The largest absolute Gasteiger partial charge is 0.462 e. The minimum Gasteiger partial charge on any atom is -0.462 e. The number of hydrogen-bond acceptors (Lipinski definition) is 6. The van der Waals surface area contributed by atoms with E-state index in [9.17, 15) is 14.4 Å². The van der Waals surface area contributed by atoms with E-state index in [-0.39, 0.29) is 37.5 Å². The first-order valence-corrected chi connectivity index (χ1v) is 27.1. The van der Waals surface area contributed by atoms with Gasteiger partial charge in [-0.05, 0) is 83.5 Å². The van der Waals surface area contributed by atoms with Gasteiger partial charge in [0, 0.05) is 19.3 Å². The normalized spacial score (nSPS) is 12.7. The fourth-order valence-corrected chi connectivity index (χ4v) is 7.32. The van der Waals surface area contributed by atoms with Crippen LogP contribution in [0.25, 0.3) is 0 Å². The Morgan fingerprint density at radius 1 is 0.323 bits per heavy atom. The highest BCUT2D eigenvalue weighted by Crippen LogP contribution is 2.14. The zero-order valence-corrected chi connectivity index (χ0v) is 42.5. The molecule has 0 aliphatic rings. The predicted octanol–water partition coefficient (Wildman–Crippen LogP) is 18.0. The Hall–Kier alpha value is -3.41. The predicted molar refractivity (Wildman–Crippen MR) is 279 cm³/mol. The smallest absolute Gasteiger partial charge is 0.306 e. The molecule has 0 amide bonds. The number of carbonyl (C=O) groups is 3. The molecule has 0 fully saturated rings. The quantitative estimate of drug-likeness (QED) is 0.0199. The van der Waals surface area contributed by atoms with Crippen LogP contribution >= 0.6 is 0 Å². The molecule has 0 saturated carbocycles. The molecular weight excluding hydrogens is 805 g/mol. The summed E-state index contributed by atoms with van der Waals surface area (Å²) in [7, 11) is 0. The van der Waals surface area contributed by atoms with Gasteiger partial charge in [-0.15, -0.1) is 0 Å². The van der Waals surface area contributed by atoms with Crippen molar-refractivity contribution in [1.29, 1.82) is 0 Å². The van der Waals surface area contributed by atoms with Gasteiger partial charge >= 0.3 is 17.9 Å². The van der Waals surface area contributed by atoms with Crippen molar-refractivity contribution >= 4 is 17.9 Å². The third kappa shape index (κ3) is 51.4. The Balaban J connectivity index is 4.50. The van der Waals surface area contributed by atoms with Crippen LogP contribution in [0.2, 0.25) is 0 Å². The molecule has 0 aliphatic carbocycles. The summed E-state index contributed by atoms with van der Waals surface area (Å²) in [4.78, 5) is 38.0. The van der Waals surface area contributed by atoms with Crippen LogP contribution in [-0.2, 0) is 28.6 Å². The molecule has 0 aromatic heterocycles. The van der Waals surface area contributed by atoms with Crippen LogP contribution in [0.1, 0.15) is 252 Å². The maximum atomic E-state index is 12.8. The average Bonchev–Trinajstić information content (AvgIpc) is 3.30. The molecule has 0 N–H and O–H groups in total. The number of allylic oxidation sites excluding steroid dienone is 14. The van der Waals surface area contributed by atoms with Crippen molar-refractivity contribution in [2.75, 3.05) is 13.2 Å². The number of ether oxygens (including phenoxy) is 3. The van der Waals surface area contributed by atoms with Crippen LogP contribution in [0.4, 0.5) is 0 Å². The van der Waals surface area contributed by atoms with Crippen molar-refractivity contribution in [2.24, 2.45) is 0 Å². The van der Waals surface area contributed by atoms with E-state index < -0.39 is 6.10 Å². The summed E-state index contributed by atoms with van der Waals surface area (Å²) in [5.74, 6) is -0.979. The molecule has 0 aromatic carbocycles. The van der Waals surface area contributed by atoms with E-state index in [1.165, 1.54) is 116 Å². The van der Waals surface area contributed by atoms with E-state index >= 15 is 0 Å². The molecule has 0 spiro atoms. The van der Waals surface area contributed by atoms with Gasteiger partial charge in [-0.2, -0.15) is 0 Å². The minimum absolute atomic E-state index is 0.104. The number of hydrogen-bond donors (Lipinski definition) is 0. The van der Waals surface area contributed by atoms with Gasteiger partial charge in [0.05, 0.1) is 0 Å². The summed E-state index contributed by atoms with van der Waals surface area (Å²) in [6, 6.07) is 0. The highest BCUT2D eigenvalue weighted by molar-refractivity contribution is 5.71. The molecule has 1 unspecified atom stereocenters. The molecule has 372 valence electrons.